The second-order valence-corrected chi connectivity index (χ2v) is 5.80. The van der Waals surface area contributed by atoms with Gasteiger partial charge in [-0.3, -0.25) is 4.79 Å². The molecule has 7 heteroatoms. The first-order valence-corrected chi connectivity index (χ1v) is 7.62. The second kappa shape index (κ2) is 5.72. The monoisotopic (exact) mass is 291 g/mol. The van der Waals surface area contributed by atoms with Crippen LogP contribution in [0.4, 0.5) is 0 Å². The first-order chi connectivity index (χ1) is 9.78. The minimum atomic E-state index is -0.168. The smallest absolute Gasteiger partial charge is 0.273 e. The molecule has 2 aromatic heterocycles. The molecule has 0 radical (unpaired) electrons. The number of thiophene rings is 1. The van der Waals surface area contributed by atoms with Crippen molar-refractivity contribution in [3.05, 3.63) is 33.8 Å². The van der Waals surface area contributed by atoms with Crippen molar-refractivity contribution >= 4 is 17.2 Å². The summed E-state index contributed by atoms with van der Waals surface area (Å²) in [5.74, 6) is -0.168. The van der Waals surface area contributed by atoms with Gasteiger partial charge in [0.25, 0.3) is 5.91 Å². The number of hydrogen-bond donors (Lipinski definition) is 2. The highest BCUT2D eigenvalue weighted by molar-refractivity contribution is 7.10. The van der Waals surface area contributed by atoms with Crippen LogP contribution in [0.1, 0.15) is 33.9 Å². The lowest BCUT2D eigenvalue weighted by molar-refractivity contribution is 0.0946. The molecular weight excluding hydrogens is 274 g/mol. The van der Waals surface area contributed by atoms with Gasteiger partial charge in [-0.25, -0.2) is 4.68 Å². The minimum absolute atomic E-state index is 0.168. The molecule has 6 nitrogen and oxygen atoms in total. The topological polar surface area (TPSA) is 71.8 Å². The molecule has 20 heavy (non-hydrogen) atoms. The Hall–Kier alpha value is -1.73. The summed E-state index contributed by atoms with van der Waals surface area (Å²) < 4.78 is 1.76. The third-order valence-corrected chi connectivity index (χ3v) is 4.47. The standard InChI is InChI=1S/C13H17N5OS/c1-2-9-3-4-20-12(9)7-15-13(19)11-8-18(17-16-11)10-5-14-6-10/h3-4,8,10,14H,2,5-7H2,1H3,(H,15,19). The zero-order valence-corrected chi connectivity index (χ0v) is 12.1. The van der Waals surface area contributed by atoms with E-state index in [4.69, 9.17) is 0 Å². The van der Waals surface area contributed by atoms with Crippen molar-refractivity contribution in [3.8, 4) is 0 Å². The zero-order valence-electron chi connectivity index (χ0n) is 11.3. The van der Waals surface area contributed by atoms with Crippen molar-refractivity contribution in [2.45, 2.75) is 25.9 Å². The lowest BCUT2D eigenvalue weighted by Crippen LogP contribution is -2.43. The largest absolute Gasteiger partial charge is 0.346 e. The van der Waals surface area contributed by atoms with Gasteiger partial charge >= 0.3 is 0 Å². The Kier molecular flexibility index (Phi) is 3.79. The van der Waals surface area contributed by atoms with Crippen LogP contribution in [0.3, 0.4) is 0 Å². The van der Waals surface area contributed by atoms with Gasteiger partial charge in [0.05, 0.1) is 18.8 Å². The summed E-state index contributed by atoms with van der Waals surface area (Å²) in [5, 5.41) is 16.1. The summed E-state index contributed by atoms with van der Waals surface area (Å²) in [6, 6.07) is 2.43. The highest BCUT2D eigenvalue weighted by atomic mass is 32.1. The molecule has 1 amide bonds. The van der Waals surface area contributed by atoms with Crippen LogP contribution in [0.25, 0.3) is 0 Å². The van der Waals surface area contributed by atoms with Crippen LogP contribution < -0.4 is 10.6 Å². The Labute approximate surface area is 121 Å². The van der Waals surface area contributed by atoms with Crippen LogP contribution >= 0.6 is 11.3 Å². The maximum atomic E-state index is 12.0. The average molecular weight is 291 g/mol. The van der Waals surface area contributed by atoms with E-state index in [2.05, 4.69) is 39.3 Å². The van der Waals surface area contributed by atoms with Crippen LogP contribution in [0.2, 0.25) is 0 Å². The van der Waals surface area contributed by atoms with Crippen molar-refractivity contribution in [2.24, 2.45) is 0 Å². The Morgan fingerprint density at radius 3 is 3.15 bits per heavy atom. The lowest BCUT2D eigenvalue weighted by Gasteiger charge is -2.26. The van der Waals surface area contributed by atoms with Gasteiger partial charge in [-0.1, -0.05) is 12.1 Å². The number of carbonyl (C=O) groups excluding carboxylic acids is 1. The summed E-state index contributed by atoms with van der Waals surface area (Å²) >= 11 is 1.67. The molecule has 1 aliphatic heterocycles. The molecule has 0 bridgehead atoms. The van der Waals surface area contributed by atoms with Crippen LogP contribution in [-0.2, 0) is 13.0 Å². The molecule has 0 spiro atoms. The molecular formula is C13H17N5OS. The fraction of sp³-hybridized carbons (Fsp3) is 0.462. The third kappa shape index (κ3) is 2.59. The normalized spacial score (nSPS) is 15.1. The zero-order chi connectivity index (χ0) is 13.9. The van der Waals surface area contributed by atoms with E-state index in [0.29, 0.717) is 18.3 Å². The van der Waals surface area contributed by atoms with Gasteiger partial charge in [0.1, 0.15) is 0 Å². The number of aromatic nitrogens is 3. The molecule has 1 fully saturated rings. The lowest BCUT2D eigenvalue weighted by atomic mass is 10.2. The number of amides is 1. The van der Waals surface area contributed by atoms with Gasteiger partial charge in [-0.2, -0.15) is 0 Å². The van der Waals surface area contributed by atoms with Gasteiger partial charge in [0, 0.05) is 18.0 Å². The Bertz CT molecular complexity index is 601. The van der Waals surface area contributed by atoms with Gasteiger partial charge in [0.2, 0.25) is 0 Å². The number of nitrogens with zero attached hydrogens (tertiary/aromatic N) is 3. The number of rotatable bonds is 5. The van der Waals surface area contributed by atoms with Crippen LogP contribution in [0, 0.1) is 0 Å². The Morgan fingerprint density at radius 2 is 2.45 bits per heavy atom. The molecule has 3 heterocycles. The number of aryl methyl sites for hydroxylation is 1. The predicted molar refractivity (Wildman–Crippen MR) is 76.8 cm³/mol. The van der Waals surface area contributed by atoms with Gasteiger partial charge in [-0.15, -0.1) is 16.4 Å². The Balaban J connectivity index is 1.60. The first kappa shape index (κ1) is 13.3. The van der Waals surface area contributed by atoms with Crippen molar-refractivity contribution in [3.63, 3.8) is 0 Å². The van der Waals surface area contributed by atoms with Gasteiger partial charge in [-0.05, 0) is 23.4 Å². The van der Waals surface area contributed by atoms with E-state index >= 15 is 0 Å². The van der Waals surface area contributed by atoms with E-state index in [-0.39, 0.29) is 5.91 Å². The van der Waals surface area contributed by atoms with Crippen molar-refractivity contribution < 1.29 is 4.79 Å². The summed E-state index contributed by atoms with van der Waals surface area (Å²) in [6.07, 6.45) is 2.70. The summed E-state index contributed by atoms with van der Waals surface area (Å²) in [4.78, 5) is 13.2. The van der Waals surface area contributed by atoms with Gasteiger partial charge in [0.15, 0.2) is 5.69 Å². The van der Waals surface area contributed by atoms with E-state index in [0.717, 1.165) is 19.5 Å². The highest BCUT2D eigenvalue weighted by Gasteiger charge is 2.21. The molecule has 3 rings (SSSR count). The molecule has 1 saturated heterocycles. The highest BCUT2D eigenvalue weighted by Crippen LogP contribution is 2.17. The van der Waals surface area contributed by atoms with Crippen molar-refractivity contribution in [1.82, 2.24) is 25.6 Å². The molecule has 0 aromatic carbocycles. The van der Waals surface area contributed by atoms with Crippen LogP contribution in [0.5, 0.6) is 0 Å². The summed E-state index contributed by atoms with van der Waals surface area (Å²) in [6.45, 7) is 4.45. The first-order valence-electron chi connectivity index (χ1n) is 6.74. The maximum absolute atomic E-state index is 12.0. The van der Waals surface area contributed by atoms with E-state index in [1.165, 1.54) is 10.4 Å². The molecule has 1 aliphatic rings. The molecule has 2 N–H and O–H groups in total. The second-order valence-electron chi connectivity index (χ2n) is 4.80. The van der Waals surface area contributed by atoms with Crippen LogP contribution in [-0.4, -0.2) is 34.0 Å². The minimum Gasteiger partial charge on any atom is -0.346 e. The van der Waals surface area contributed by atoms with E-state index in [1.54, 1.807) is 22.2 Å². The number of hydrogen-bond acceptors (Lipinski definition) is 5. The molecule has 0 aliphatic carbocycles. The Morgan fingerprint density at radius 1 is 1.60 bits per heavy atom. The quantitative estimate of drug-likeness (QED) is 0.861. The maximum Gasteiger partial charge on any atom is 0.273 e. The molecule has 106 valence electrons. The SMILES string of the molecule is CCc1ccsc1CNC(=O)c1cn(C2CNC2)nn1. The van der Waals surface area contributed by atoms with Crippen molar-refractivity contribution in [2.75, 3.05) is 13.1 Å². The third-order valence-electron chi connectivity index (χ3n) is 3.51. The fourth-order valence-electron chi connectivity index (χ4n) is 2.11. The van der Waals surface area contributed by atoms with Gasteiger partial charge < -0.3 is 10.6 Å². The molecule has 0 atom stereocenters. The average Bonchev–Trinajstić information content (AvgIpc) is 3.02. The molecule has 0 unspecified atom stereocenters. The molecule has 0 saturated carbocycles. The fourth-order valence-corrected chi connectivity index (χ4v) is 3.02. The predicted octanol–water partition coefficient (Wildman–Crippen LogP) is 0.976. The number of carbonyl (C=O) groups is 1. The van der Waals surface area contributed by atoms with Crippen LogP contribution in [0.15, 0.2) is 17.6 Å². The summed E-state index contributed by atoms with van der Waals surface area (Å²) in [7, 11) is 0. The van der Waals surface area contributed by atoms with E-state index in [9.17, 15) is 4.79 Å². The number of nitrogens with one attached hydrogen (secondary N) is 2. The van der Waals surface area contributed by atoms with E-state index < -0.39 is 0 Å². The van der Waals surface area contributed by atoms with Crippen molar-refractivity contribution in [1.29, 1.82) is 0 Å². The molecule has 2 aromatic rings. The van der Waals surface area contributed by atoms with E-state index in [1.807, 2.05) is 0 Å². The summed E-state index contributed by atoms with van der Waals surface area (Å²) in [5.41, 5.74) is 1.67.